The van der Waals surface area contributed by atoms with Crippen LogP contribution in [-0.2, 0) is 7.05 Å². The first-order valence-corrected chi connectivity index (χ1v) is 5.50. The summed E-state index contributed by atoms with van der Waals surface area (Å²) in [5.74, 6) is 4.11. The van der Waals surface area contributed by atoms with Crippen LogP contribution in [0.2, 0.25) is 0 Å². The highest BCUT2D eigenvalue weighted by molar-refractivity contribution is 6.00. The topological polar surface area (TPSA) is 77.1 Å². The Balaban J connectivity index is 2.71. The minimum absolute atomic E-state index is 0.204. The number of hydrazine groups is 1. The molecule has 0 aliphatic heterocycles. The number of amides is 1. The lowest BCUT2D eigenvalue weighted by molar-refractivity contribution is 0.0953. The van der Waals surface area contributed by atoms with Crippen LogP contribution < -0.4 is 16.8 Å². The number of nitrogens with two attached hydrogens (primary N) is 1. The zero-order chi connectivity index (χ0) is 14.0. The van der Waals surface area contributed by atoms with Crippen LogP contribution in [0.5, 0.6) is 0 Å². The predicted molar refractivity (Wildman–Crippen MR) is 68.7 cm³/mol. The molecule has 5 nitrogen and oxygen atoms in total. The Morgan fingerprint density at radius 1 is 1.37 bits per heavy atom. The molecule has 0 fully saturated rings. The molecule has 0 aliphatic rings. The van der Waals surface area contributed by atoms with Crippen molar-refractivity contribution in [2.45, 2.75) is 0 Å². The van der Waals surface area contributed by atoms with Gasteiger partial charge in [-0.25, -0.2) is 10.2 Å². The summed E-state index contributed by atoms with van der Waals surface area (Å²) in [6, 6.07) is 6.94. The van der Waals surface area contributed by atoms with E-state index in [0.717, 1.165) is 0 Å². The van der Waals surface area contributed by atoms with Crippen molar-refractivity contribution >= 4 is 5.91 Å². The van der Waals surface area contributed by atoms with E-state index < -0.39 is 11.7 Å². The van der Waals surface area contributed by atoms with Crippen LogP contribution in [0.4, 0.5) is 4.39 Å². The number of carbonyl (C=O) groups is 1. The number of pyridine rings is 1. The minimum atomic E-state index is -0.546. The molecule has 2 aromatic rings. The van der Waals surface area contributed by atoms with E-state index in [1.807, 2.05) is 5.43 Å². The summed E-state index contributed by atoms with van der Waals surface area (Å²) in [4.78, 5) is 23.4. The number of halogens is 1. The molecule has 6 heteroatoms. The normalized spacial score (nSPS) is 10.3. The molecular formula is C13H12FN3O2. The van der Waals surface area contributed by atoms with Gasteiger partial charge < -0.3 is 4.57 Å². The molecule has 1 aromatic carbocycles. The molecule has 0 saturated heterocycles. The number of rotatable bonds is 2. The smallest absolute Gasteiger partial charge is 0.267 e. The summed E-state index contributed by atoms with van der Waals surface area (Å²) in [6.45, 7) is 0. The van der Waals surface area contributed by atoms with Gasteiger partial charge in [0, 0.05) is 24.9 Å². The summed E-state index contributed by atoms with van der Waals surface area (Å²) in [5.41, 5.74) is 2.69. The molecule has 0 spiro atoms. The average Bonchev–Trinajstić information content (AvgIpc) is 2.40. The summed E-state index contributed by atoms with van der Waals surface area (Å²) in [5, 5.41) is 0. The van der Waals surface area contributed by atoms with Crippen molar-refractivity contribution in [1.82, 2.24) is 9.99 Å². The third-order valence-corrected chi connectivity index (χ3v) is 2.74. The lowest BCUT2D eigenvalue weighted by Crippen LogP contribution is -2.32. The molecule has 0 radical (unpaired) electrons. The Labute approximate surface area is 108 Å². The third-order valence-electron chi connectivity index (χ3n) is 2.74. The van der Waals surface area contributed by atoms with Gasteiger partial charge in [-0.1, -0.05) is 12.1 Å². The summed E-state index contributed by atoms with van der Waals surface area (Å²) >= 11 is 0. The molecule has 0 unspecified atom stereocenters. The lowest BCUT2D eigenvalue weighted by Gasteiger charge is -2.10. The molecule has 19 heavy (non-hydrogen) atoms. The number of hydrogen-bond acceptors (Lipinski definition) is 3. The molecule has 0 atom stereocenters. The average molecular weight is 261 g/mol. The van der Waals surface area contributed by atoms with E-state index >= 15 is 0 Å². The van der Waals surface area contributed by atoms with Crippen LogP contribution in [0.3, 0.4) is 0 Å². The number of aryl methyl sites for hydroxylation is 1. The van der Waals surface area contributed by atoms with Gasteiger partial charge in [-0.3, -0.25) is 15.0 Å². The van der Waals surface area contributed by atoms with Crippen LogP contribution in [-0.4, -0.2) is 10.5 Å². The van der Waals surface area contributed by atoms with Crippen molar-refractivity contribution in [3.05, 3.63) is 58.3 Å². The second-order valence-corrected chi connectivity index (χ2v) is 4.03. The number of nitrogen functional groups attached to an aromatic ring is 1. The van der Waals surface area contributed by atoms with Gasteiger partial charge >= 0.3 is 0 Å². The first-order valence-electron chi connectivity index (χ1n) is 5.50. The second kappa shape index (κ2) is 5.03. The Morgan fingerprint density at radius 2 is 2.11 bits per heavy atom. The summed E-state index contributed by atoms with van der Waals surface area (Å²) in [7, 11) is 1.52. The van der Waals surface area contributed by atoms with Gasteiger partial charge in [0.15, 0.2) is 0 Å². The maximum atomic E-state index is 13.2. The van der Waals surface area contributed by atoms with Crippen LogP contribution >= 0.6 is 0 Å². The van der Waals surface area contributed by atoms with Gasteiger partial charge in [0.1, 0.15) is 5.82 Å². The first kappa shape index (κ1) is 13.0. The van der Waals surface area contributed by atoms with E-state index in [9.17, 15) is 14.0 Å². The van der Waals surface area contributed by atoms with Crippen molar-refractivity contribution < 1.29 is 9.18 Å². The minimum Gasteiger partial charge on any atom is -0.318 e. The molecule has 3 N–H and O–H groups in total. The van der Waals surface area contributed by atoms with Crippen molar-refractivity contribution in [3.8, 4) is 11.1 Å². The van der Waals surface area contributed by atoms with Crippen molar-refractivity contribution in [2.75, 3.05) is 0 Å². The van der Waals surface area contributed by atoms with Gasteiger partial charge in [0.2, 0.25) is 0 Å². The standard InChI is InChI=1S/C13H12FN3O2/c1-17-7-11(13(19)16-15)10(6-12(17)18)8-3-2-4-9(14)5-8/h2-7H,15H2,1H3,(H,16,19). The molecule has 0 bridgehead atoms. The fourth-order valence-electron chi connectivity index (χ4n) is 1.78. The van der Waals surface area contributed by atoms with Crippen LogP contribution in [0.15, 0.2) is 41.3 Å². The number of nitrogens with zero attached hydrogens (tertiary/aromatic N) is 1. The van der Waals surface area contributed by atoms with Gasteiger partial charge in [0.25, 0.3) is 11.5 Å². The summed E-state index contributed by atoms with van der Waals surface area (Å²) in [6.07, 6.45) is 1.37. The van der Waals surface area contributed by atoms with E-state index in [4.69, 9.17) is 5.84 Å². The molecule has 0 saturated carbocycles. The predicted octanol–water partition coefficient (Wildman–Crippen LogP) is 0.795. The zero-order valence-electron chi connectivity index (χ0n) is 10.2. The van der Waals surface area contributed by atoms with Crippen LogP contribution in [0.25, 0.3) is 11.1 Å². The fourth-order valence-corrected chi connectivity index (χ4v) is 1.78. The summed E-state index contributed by atoms with van der Waals surface area (Å²) < 4.78 is 14.5. The molecule has 1 heterocycles. The number of benzene rings is 1. The van der Waals surface area contributed by atoms with Gasteiger partial charge in [-0.15, -0.1) is 0 Å². The van der Waals surface area contributed by atoms with Crippen LogP contribution in [0, 0.1) is 5.82 Å². The van der Waals surface area contributed by atoms with Gasteiger partial charge in [-0.2, -0.15) is 0 Å². The van der Waals surface area contributed by atoms with E-state index in [0.29, 0.717) is 11.1 Å². The first-order chi connectivity index (χ1) is 9.02. The zero-order valence-corrected chi connectivity index (χ0v) is 10.2. The highest BCUT2D eigenvalue weighted by Crippen LogP contribution is 2.22. The van der Waals surface area contributed by atoms with Crippen LogP contribution in [0.1, 0.15) is 10.4 Å². The fraction of sp³-hybridized carbons (Fsp3) is 0.0769. The van der Waals surface area contributed by atoms with Crippen molar-refractivity contribution in [3.63, 3.8) is 0 Å². The second-order valence-electron chi connectivity index (χ2n) is 4.03. The highest BCUT2D eigenvalue weighted by Gasteiger charge is 2.14. The molecule has 98 valence electrons. The monoisotopic (exact) mass is 261 g/mol. The molecule has 0 aliphatic carbocycles. The highest BCUT2D eigenvalue weighted by atomic mass is 19.1. The molecule has 2 rings (SSSR count). The lowest BCUT2D eigenvalue weighted by atomic mass is 10.0. The van der Waals surface area contributed by atoms with Crippen molar-refractivity contribution in [2.24, 2.45) is 12.9 Å². The third kappa shape index (κ3) is 2.53. The maximum Gasteiger partial charge on any atom is 0.267 e. The number of hydrogen-bond donors (Lipinski definition) is 2. The maximum absolute atomic E-state index is 13.2. The molecule has 1 amide bonds. The molecular weight excluding hydrogens is 249 g/mol. The van der Waals surface area contributed by atoms with E-state index in [1.54, 1.807) is 6.07 Å². The molecule has 1 aromatic heterocycles. The quantitative estimate of drug-likeness (QED) is 0.477. The largest absolute Gasteiger partial charge is 0.318 e. The SMILES string of the molecule is Cn1cc(C(=O)NN)c(-c2cccc(F)c2)cc1=O. The Kier molecular flexibility index (Phi) is 3.43. The van der Waals surface area contributed by atoms with E-state index in [-0.39, 0.29) is 11.1 Å². The Bertz CT molecular complexity index is 695. The Morgan fingerprint density at radius 3 is 2.74 bits per heavy atom. The number of aromatic nitrogens is 1. The van der Waals surface area contributed by atoms with E-state index in [2.05, 4.69) is 0 Å². The Hall–Kier alpha value is -2.47. The number of carbonyl (C=O) groups excluding carboxylic acids is 1. The van der Waals surface area contributed by atoms with Gasteiger partial charge in [-0.05, 0) is 17.7 Å². The van der Waals surface area contributed by atoms with E-state index in [1.165, 1.54) is 42.1 Å². The van der Waals surface area contributed by atoms with Gasteiger partial charge in [0.05, 0.1) is 5.56 Å². The number of nitrogens with one attached hydrogen (secondary N) is 1. The van der Waals surface area contributed by atoms with Crippen molar-refractivity contribution in [1.29, 1.82) is 0 Å².